The minimum atomic E-state index is -0.568. The molecule has 0 N–H and O–H groups in total. The third-order valence-corrected chi connectivity index (χ3v) is 6.41. The maximum atomic E-state index is 12.7. The molecule has 8 nitrogen and oxygen atoms in total. The fourth-order valence-corrected chi connectivity index (χ4v) is 4.35. The Balaban J connectivity index is 1.49. The summed E-state index contributed by atoms with van der Waals surface area (Å²) in [5, 5.41) is 0. The molecule has 188 valence electrons. The number of methoxy groups -OCH3 is 2. The molecule has 0 atom stereocenters. The molecule has 3 aromatic carbocycles. The standard InChI is InChI=1S/C29H27N3O5/c1-35-22-10-5-19(6-11-22)27-28(20-7-12-23(36-2)13-8-20)31-25-17-21(9-14-24(25)30-27)29(34)37-18-26(33)32-15-3-4-16-32/h5-14,17H,3-4,15-16,18H2,1-2H3. The van der Waals surface area contributed by atoms with E-state index in [0.29, 0.717) is 41.1 Å². The second-order valence-corrected chi connectivity index (χ2v) is 8.75. The van der Waals surface area contributed by atoms with Gasteiger partial charge in [0, 0.05) is 24.2 Å². The molecule has 5 rings (SSSR count). The van der Waals surface area contributed by atoms with Crippen LogP contribution in [-0.2, 0) is 9.53 Å². The smallest absolute Gasteiger partial charge is 0.338 e. The lowest BCUT2D eigenvalue weighted by Gasteiger charge is -2.15. The maximum Gasteiger partial charge on any atom is 0.338 e. The predicted octanol–water partition coefficient (Wildman–Crippen LogP) is 4.76. The molecule has 4 aromatic rings. The molecule has 0 radical (unpaired) electrons. The SMILES string of the molecule is COc1ccc(-c2nc3ccc(C(=O)OCC(=O)N4CCCC4)cc3nc2-c2ccc(OC)cc2)cc1. The van der Waals surface area contributed by atoms with Gasteiger partial charge in [-0.2, -0.15) is 0 Å². The topological polar surface area (TPSA) is 90.9 Å². The Labute approximate surface area is 214 Å². The summed E-state index contributed by atoms with van der Waals surface area (Å²) in [5.41, 5.74) is 4.59. The van der Waals surface area contributed by atoms with Crippen LogP contribution in [0.3, 0.4) is 0 Å². The second-order valence-electron chi connectivity index (χ2n) is 8.75. The monoisotopic (exact) mass is 497 g/mol. The molecule has 1 amide bonds. The van der Waals surface area contributed by atoms with Crippen LogP contribution in [0.4, 0.5) is 0 Å². The number of esters is 1. The number of amides is 1. The highest BCUT2D eigenvalue weighted by molar-refractivity contribution is 5.96. The lowest BCUT2D eigenvalue weighted by molar-refractivity contribution is -0.133. The number of benzene rings is 3. The van der Waals surface area contributed by atoms with Gasteiger partial charge < -0.3 is 19.1 Å². The highest BCUT2D eigenvalue weighted by atomic mass is 16.5. The Kier molecular flexibility index (Phi) is 6.98. The molecular weight excluding hydrogens is 470 g/mol. The minimum Gasteiger partial charge on any atom is -0.497 e. The molecule has 8 heteroatoms. The normalized spacial score (nSPS) is 13.0. The molecular formula is C29H27N3O5. The number of nitrogens with zero attached hydrogens (tertiary/aromatic N) is 3. The number of likely N-dealkylation sites (tertiary alicyclic amines) is 1. The van der Waals surface area contributed by atoms with E-state index in [1.54, 1.807) is 37.3 Å². The third-order valence-electron chi connectivity index (χ3n) is 6.41. The quantitative estimate of drug-likeness (QED) is 0.340. The number of aromatic nitrogens is 2. The fraction of sp³-hybridized carbons (Fsp3) is 0.241. The van der Waals surface area contributed by atoms with Crippen LogP contribution >= 0.6 is 0 Å². The molecule has 2 heterocycles. The van der Waals surface area contributed by atoms with Crippen molar-refractivity contribution in [3.63, 3.8) is 0 Å². The first-order chi connectivity index (χ1) is 18.1. The molecule has 1 saturated heterocycles. The molecule has 1 aliphatic heterocycles. The molecule has 0 bridgehead atoms. The largest absolute Gasteiger partial charge is 0.497 e. The summed E-state index contributed by atoms with van der Waals surface area (Å²) >= 11 is 0. The fourth-order valence-electron chi connectivity index (χ4n) is 4.35. The number of rotatable bonds is 7. The van der Waals surface area contributed by atoms with E-state index in [1.807, 2.05) is 48.5 Å². The number of carbonyl (C=O) groups is 2. The highest BCUT2D eigenvalue weighted by Crippen LogP contribution is 2.33. The number of hydrogen-bond donors (Lipinski definition) is 0. The van der Waals surface area contributed by atoms with Crippen LogP contribution in [0, 0.1) is 0 Å². The van der Waals surface area contributed by atoms with Gasteiger partial charge in [-0.25, -0.2) is 14.8 Å². The van der Waals surface area contributed by atoms with Crippen molar-refractivity contribution in [1.29, 1.82) is 0 Å². The molecule has 1 fully saturated rings. The van der Waals surface area contributed by atoms with Gasteiger partial charge >= 0.3 is 5.97 Å². The van der Waals surface area contributed by atoms with Gasteiger partial charge in [-0.3, -0.25) is 4.79 Å². The van der Waals surface area contributed by atoms with Gasteiger partial charge in [0.15, 0.2) is 6.61 Å². The molecule has 37 heavy (non-hydrogen) atoms. The van der Waals surface area contributed by atoms with Crippen molar-refractivity contribution in [3.8, 4) is 34.0 Å². The number of hydrogen-bond acceptors (Lipinski definition) is 7. The summed E-state index contributed by atoms with van der Waals surface area (Å²) in [6.45, 7) is 1.16. The summed E-state index contributed by atoms with van der Waals surface area (Å²) < 4.78 is 15.9. The molecule has 1 aromatic heterocycles. The summed E-state index contributed by atoms with van der Waals surface area (Å²) in [5.74, 6) is 0.741. The first-order valence-corrected chi connectivity index (χ1v) is 12.1. The van der Waals surface area contributed by atoms with E-state index in [4.69, 9.17) is 24.2 Å². The molecule has 0 unspecified atom stereocenters. The van der Waals surface area contributed by atoms with Crippen molar-refractivity contribution in [2.45, 2.75) is 12.8 Å². The van der Waals surface area contributed by atoms with Crippen LogP contribution < -0.4 is 9.47 Å². The lowest BCUT2D eigenvalue weighted by Crippen LogP contribution is -2.32. The first kappa shape index (κ1) is 24.2. The third kappa shape index (κ3) is 5.23. The molecule has 0 spiro atoms. The van der Waals surface area contributed by atoms with E-state index in [0.717, 1.165) is 35.5 Å². The van der Waals surface area contributed by atoms with Crippen LogP contribution in [0.15, 0.2) is 66.7 Å². The average Bonchev–Trinajstić information content (AvgIpc) is 3.50. The van der Waals surface area contributed by atoms with Crippen molar-refractivity contribution in [2.24, 2.45) is 0 Å². The summed E-state index contributed by atoms with van der Waals surface area (Å²) in [6.07, 6.45) is 1.97. The Morgan fingerprint density at radius 1 is 0.757 bits per heavy atom. The van der Waals surface area contributed by atoms with Gasteiger partial charge in [0.2, 0.25) is 0 Å². The van der Waals surface area contributed by atoms with Crippen molar-refractivity contribution in [3.05, 3.63) is 72.3 Å². The van der Waals surface area contributed by atoms with E-state index >= 15 is 0 Å². The van der Waals surface area contributed by atoms with E-state index < -0.39 is 5.97 Å². The Hall–Kier alpha value is -4.46. The zero-order chi connectivity index (χ0) is 25.8. The minimum absolute atomic E-state index is 0.169. The van der Waals surface area contributed by atoms with E-state index in [2.05, 4.69) is 0 Å². The Morgan fingerprint density at radius 3 is 1.84 bits per heavy atom. The van der Waals surface area contributed by atoms with Gasteiger partial charge in [0.25, 0.3) is 5.91 Å². The van der Waals surface area contributed by atoms with Gasteiger partial charge in [-0.15, -0.1) is 0 Å². The second kappa shape index (κ2) is 10.7. The first-order valence-electron chi connectivity index (χ1n) is 12.1. The molecule has 1 aliphatic rings. The van der Waals surface area contributed by atoms with E-state index in [1.165, 1.54) is 0 Å². The Morgan fingerprint density at radius 2 is 1.30 bits per heavy atom. The van der Waals surface area contributed by atoms with Crippen molar-refractivity contribution in [1.82, 2.24) is 14.9 Å². The van der Waals surface area contributed by atoms with Gasteiger partial charge in [0.1, 0.15) is 11.5 Å². The molecule has 0 saturated carbocycles. The van der Waals surface area contributed by atoms with Crippen molar-refractivity contribution < 1.29 is 23.8 Å². The number of ether oxygens (including phenoxy) is 3. The summed E-state index contributed by atoms with van der Waals surface area (Å²) in [6, 6.07) is 20.2. The van der Waals surface area contributed by atoms with Crippen LogP contribution in [0.25, 0.3) is 33.5 Å². The predicted molar refractivity (Wildman–Crippen MR) is 140 cm³/mol. The summed E-state index contributed by atoms with van der Waals surface area (Å²) in [4.78, 5) is 36.5. The van der Waals surface area contributed by atoms with E-state index in [-0.39, 0.29) is 12.5 Å². The zero-order valence-corrected chi connectivity index (χ0v) is 20.8. The van der Waals surface area contributed by atoms with Crippen molar-refractivity contribution >= 4 is 22.9 Å². The van der Waals surface area contributed by atoms with Crippen molar-refractivity contribution in [2.75, 3.05) is 33.9 Å². The molecule has 0 aliphatic carbocycles. The zero-order valence-electron chi connectivity index (χ0n) is 20.8. The number of carbonyl (C=O) groups excluding carboxylic acids is 2. The van der Waals surface area contributed by atoms with Crippen LogP contribution in [-0.4, -0.2) is 60.7 Å². The van der Waals surface area contributed by atoms with Crippen LogP contribution in [0.2, 0.25) is 0 Å². The average molecular weight is 498 g/mol. The lowest BCUT2D eigenvalue weighted by atomic mass is 10.0. The maximum absolute atomic E-state index is 12.7. The van der Waals surface area contributed by atoms with Crippen LogP contribution in [0.5, 0.6) is 11.5 Å². The van der Waals surface area contributed by atoms with Gasteiger partial charge in [-0.05, 0) is 79.6 Å². The van der Waals surface area contributed by atoms with Gasteiger partial charge in [-0.1, -0.05) is 0 Å². The number of fused-ring (bicyclic) bond motifs is 1. The van der Waals surface area contributed by atoms with Crippen LogP contribution in [0.1, 0.15) is 23.2 Å². The highest BCUT2D eigenvalue weighted by Gasteiger charge is 2.20. The van der Waals surface area contributed by atoms with E-state index in [9.17, 15) is 9.59 Å². The summed E-state index contributed by atoms with van der Waals surface area (Å²) in [7, 11) is 3.24. The van der Waals surface area contributed by atoms with Gasteiger partial charge in [0.05, 0.1) is 42.2 Å². The Bertz CT molecular complexity index is 1430.